The first kappa shape index (κ1) is 15.1. The molecule has 0 N–H and O–H groups in total. The van der Waals surface area contributed by atoms with Crippen LogP contribution in [0.1, 0.15) is 21.6 Å². The summed E-state index contributed by atoms with van der Waals surface area (Å²) in [6, 6.07) is 13.4. The van der Waals surface area contributed by atoms with Crippen molar-refractivity contribution in [1.82, 2.24) is 9.78 Å². The summed E-state index contributed by atoms with van der Waals surface area (Å²) in [5.74, 6) is 0.477. The molecule has 3 rings (SSSR count). The number of rotatable bonds is 4. The number of carbonyl (C=O) groups excluding carboxylic acids is 1. The molecule has 2 aromatic carbocycles. The maximum absolute atomic E-state index is 11.7. The number of aryl methyl sites for hydroxylation is 1. The van der Waals surface area contributed by atoms with E-state index < -0.39 is 0 Å². The molecule has 0 fully saturated rings. The van der Waals surface area contributed by atoms with Crippen LogP contribution in [0.4, 0.5) is 0 Å². The van der Waals surface area contributed by atoms with Gasteiger partial charge in [0.15, 0.2) is 0 Å². The van der Waals surface area contributed by atoms with Gasteiger partial charge in [0.05, 0.1) is 37.5 Å². The largest absolute Gasteiger partial charge is 0.497 e. The molecule has 0 aliphatic heterocycles. The van der Waals surface area contributed by atoms with Crippen LogP contribution in [0.5, 0.6) is 5.75 Å². The molecule has 1 aromatic heterocycles. The molecule has 23 heavy (non-hydrogen) atoms. The highest BCUT2D eigenvalue weighted by Gasteiger charge is 2.12. The minimum absolute atomic E-state index is 0.346. The molecule has 0 unspecified atom stereocenters. The van der Waals surface area contributed by atoms with Gasteiger partial charge in [-0.3, -0.25) is 4.68 Å². The maximum atomic E-state index is 11.7. The van der Waals surface area contributed by atoms with E-state index in [9.17, 15) is 4.79 Å². The Morgan fingerprint density at radius 2 is 1.87 bits per heavy atom. The van der Waals surface area contributed by atoms with Gasteiger partial charge < -0.3 is 9.47 Å². The topological polar surface area (TPSA) is 53.3 Å². The quantitative estimate of drug-likeness (QED) is 0.695. The monoisotopic (exact) mass is 310 g/mol. The average Bonchev–Trinajstić information content (AvgIpc) is 2.90. The normalized spacial score (nSPS) is 10.7. The highest BCUT2D eigenvalue weighted by Crippen LogP contribution is 2.22. The number of ether oxygens (including phenoxy) is 2. The molecule has 0 aliphatic carbocycles. The van der Waals surface area contributed by atoms with Crippen molar-refractivity contribution in [3.63, 3.8) is 0 Å². The highest BCUT2D eigenvalue weighted by molar-refractivity contribution is 5.95. The SMILES string of the molecule is COC(=O)c1ccc2c(C)nn(Cc3ccc(OC)cc3)c2c1. The van der Waals surface area contributed by atoms with Crippen LogP contribution < -0.4 is 4.74 Å². The van der Waals surface area contributed by atoms with E-state index in [2.05, 4.69) is 5.10 Å². The summed E-state index contributed by atoms with van der Waals surface area (Å²) in [7, 11) is 3.03. The van der Waals surface area contributed by atoms with Crippen molar-refractivity contribution in [3.05, 3.63) is 59.3 Å². The van der Waals surface area contributed by atoms with Crippen LogP contribution in [-0.4, -0.2) is 30.0 Å². The summed E-state index contributed by atoms with van der Waals surface area (Å²) in [4.78, 5) is 11.7. The summed E-state index contributed by atoms with van der Waals surface area (Å²) < 4.78 is 11.9. The standard InChI is InChI=1S/C18H18N2O3/c1-12-16-9-6-14(18(21)23-3)10-17(16)20(19-12)11-13-4-7-15(22-2)8-5-13/h4-10H,11H2,1-3H3. The summed E-state index contributed by atoms with van der Waals surface area (Å²) in [6.45, 7) is 2.59. The number of hydrogen-bond donors (Lipinski definition) is 0. The van der Waals surface area contributed by atoms with Gasteiger partial charge in [0.1, 0.15) is 5.75 Å². The van der Waals surface area contributed by atoms with Gasteiger partial charge in [-0.2, -0.15) is 5.10 Å². The van der Waals surface area contributed by atoms with Gasteiger partial charge in [-0.15, -0.1) is 0 Å². The first-order valence-electron chi connectivity index (χ1n) is 7.31. The zero-order chi connectivity index (χ0) is 16.4. The molecule has 0 radical (unpaired) electrons. The third kappa shape index (κ3) is 2.90. The van der Waals surface area contributed by atoms with Gasteiger partial charge in [-0.1, -0.05) is 18.2 Å². The van der Waals surface area contributed by atoms with E-state index in [1.165, 1.54) is 7.11 Å². The van der Waals surface area contributed by atoms with Crippen LogP contribution in [0.15, 0.2) is 42.5 Å². The van der Waals surface area contributed by atoms with Crippen molar-refractivity contribution in [3.8, 4) is 5.75 Å². The fraction of sp³-hybridized carbons (Fsp3) is 0.222. The molecule has 0 bridgehead atoms. The first-order chi connectivity index (χ1) is 11.1. The molecule has 118 valence electrons. The summed E-state index contributed by atoms with van der Waals surface area (Å²) in [6.07, 6.45) is 0. The molecule has 5 nitrogen and oxygen atoms in total. The van der Waals surface area contributed by atoms with E-state index in [0.717, 1.165) is 27.9 Å². The zero-order valence-electron chi connectivity index (χ0n) is 13.4. The Labute approximate surface area is 134 Å². The molecule has 0 amide bonds. The predicted octanol–water partition coefficient (Wildman–Crippen LogP) is 3.19. The van der Waals surface area contributed by atoms with Crippen LogP contribution in [0.2, 0.25) is 0 Å². The van der Waals surface area contributed by atoms with Gasteiger partial charge in [0.2, 0.25) is 0 Å². The van der Waals surface area contributed by atoms with E-state index in [1.54, 1.807) is 13.2 Å². The van der Waals surface area contributed by atoms with Crippen molar-refractivity contribution >= 4 is 16.9 Å². The predicted molar refractivity (Wildman–Crippen MR) is 87.9 cm³/mol. The number of hydrogen-bond acceptors (Lipinski definition) is 4. The van der Waals surface area contributed by atoms with Gasteiger partial charge >= 0.3 is 5.97 Å². The lowest BCUT2D eigenvalue weighted by molar-refractivity contribution is 0.0601. The molecular weight excluding hydrogens is 292 g/mol. The Morgan fingerprint density at radius 3 is 2.52 bits per heavy atom. The van der Waals surface area contributed by atoms with Crippen molar-refractivity contribution in [2.45, 2.75) is 13.5 Å². The van der Waals surface area contributed by atoms with Crippen LogP contribution in [0.3, 0.4) is 0 Å². The average molecular weight is 310 g/mol. The molecule has 1 heterocycles. The second-order valence-corrected chi connectivity index (χ2v) is 5.31. The Morgan fingerprint density at radius 1 is 1.13 bits per heavy atom. The molecule has 3 aromatic rings. The maximum Gasteiger partial charge on any atom is 0.337 e. The molecule has 0 aliphatic rings. The third-order valence-corrected chi connectivity index (χ3v) is 3.85. The Bertz CT molecular complexity index is 851. The highest BCUT2D eigenvalue weighted by atomic mass is 16.5. The second kappa shape index (κ2) is 6.12. The Kier molecular flexibility index (Phi) is 4.02. The fourth-order valence-corrected chi connectivity index (χ4v) is 2.61. The van der Waals surface area contributed by atoms with Gasteiger partial charge in [-0.25, -0.2) is 4.79 Å². The molecule has 0 spiro atoms. The van der Waals surface area contributed by atoms with E-state index in [4.69, 9.17) is 9.47 Å². The van der Waals surface area contributed by atoms with Crippen LogP contribution in [0.25, 0.3) is 10.9 Å². The second-order valence-electron chi connectivity index (χ2n) is 5.31. The van der Waals surface area contributed by atoms with Crippen molar-refractivity contribution < 1.29 is 14.3 Å². The smallest absolute Gasteiger partial charge is 0.337 e. The van der Waals surface area contributed by atoms with Gasteiger partial charge in [0, 0.05) is 5.39 Å². The van der Waals surface area contributed by atoms with E-state index in [-0.39, 0.29) is 5.97 Å². The number of benzene rings is 2. The van der Waals surface area contributed by atoms with Crippen LogP contribution >= 0.6 is 0 Å². The number of fused-ring (bicyclic) bond motifs is 1. The van der Waals surface area contributed by atoms with Crippen molar-refractivity contribution in [1.29, 1.82) is 0 Å². The summed E-state index contributed by atoms with van der Waals surface area (Å²) >= 11 is 0. The molecule has 0 saturated heterocycles. The molecular formula is C18H18N2O3. The van der Waals surface area contributed by atoms with Crippen LogP contribution in [0, 0.1) is 6.92 Å². The van der Waals surface area contributed by atoms with Crippen molar-refractivity contribution in [2.24, 2.45) is 0 Å². The summed E-state index contributed by atoms with van der Waals surface area (Å²) in [5.41, 5.74) is 3.49. The summed E-state index contributed by atoms with van der Waals surface area (Å²) in [5, 5.41) is 5.62. The molecule has 0 saturated carbocycles. The fourth-order valence-electron chi connectivity index (χ4n) is 2.61. The number of nitrogens with zero attached hydrogens (tertiary/aromatic N) is 2. The van der Waals surface area contributed by atoms with Crippen molar-refractivity contribution in [2.75, 3.05) is 14.2 Å². The molecule has 0 atom stereocenters. The minimum atomic E-state index is -0.346. The van der Waals surface area contributed by atoms with E-state index in [1.807, 2.05) is 48.0 Å². The minimum Gasteiger partial charge on any atom is -0.497 e. The van der Waals surface area contributed by atoms with Crippen LogP contribution in [-0.2, 0) is 11.3 Å². The number of carbonyl (C=O) groups is 1. The first-order valence-corrected chi connectivity index (χ1v) is 7.31. The van der Waals surface area contributed by atoms with E-state index >= 15 is 0 Å². The number of esters is 1. The van der Waals surface area contributed by atoms with E-state index in [0.29, 0.717) is 12.1 Å². The Balaban J connectivity index is 2.00. The van der Waals surface area contributed by atoms with Gasteiger partial charge in [0.25, 0.3) is 0 Å². The number of methoxy groups -OCH3 is 2. The molecule has 5 heteroatoms. The zero-order valence-corrected chi connectivity index (χ0v) is 13.4. The third-order valence-electron chi connectivity index (χ3n) is 3.85. The van der Waals surface area contributed by atoms with Gasteiger partial charge in [-0.05, 0) is 36.8 Å². The lowest BCUT2D eigenvalue weighted by atomic mass is 10.1. The lowest BCUT2D eigenvalue weighted by Crippen LogP contribution is -2.04. The Hall–Kier alpha value is -2.82. The lowest BCUT2D eigenvalue weighted by Gasteiger charge is -2.06. The number of aromatic nitrogens is 2.